The van der Waals surface area contributed by atoms with Crippen molar-refractivity contribution in [2.24, 2.45) is 4.99 Å². The molecule has 1 aliphatic rings. The number of hydrogen-bond donors (Lipinski definition) is 2. The van der Waals surface area contributed by atoms with Crippen LogP contribution in [0, 0.1) is 0 Å². The Morgan fingerprint density at radius 3 is 2.33 bits per heavy atom. The zero-order chi connectivity index (χ0) is 21.0. The van der Waals surface area contributed by atoms with E-state index in [1.807, 2.05) is 30.3 Å². The fourth-order valence-corrected chi connectivity index (χ4v) is 4.23. The van der Waals surface area contributed by atoms with E-state index in [1.54, 1.807) is 42.5 Å². The lowest BCUT2D eigenvalue weighted by atomic mass is 10.2. The van der Waals surface area contributed by atoms with Crippen LogP contribution in [0.25, 0.3) is 0 Å². The molecule has 0 saturated carbocycles. The van der Waals surface area contributed by atoms with Crippen molar-refractivity contribution in [3.8, 4) is 11.5 Å². The van der Waals surface area contributed by atoms with E-state index in [9.17, 15) is 13.2 Å². The number of sulfonamides is 1. The first-order chi connectivity index (χ1) is 14.5. The van der Waals surface area contributed by atoms with Crippen molar-refractivity contribution in [3.63, 3.8) is 0 Å². The van der Waals surface area contributed by atoms with Crippen LogP contribution in [-0.4, -0.2) is 26.7 Å². The summed E-state index contributed by atoms with van der Waals surface area (Å²) in [7, 11) is -3.57. The molecule has 0 atom stereocenters. The van der Waals surface area contributed by atoms with E-state index in [4.69, 9.17) is 4.74 Å². The molecule has 152 valence electrons. The van der Waals surface area contributed by atoms with E-state index in [2.05, 4.69) is 15.0 Å². The maximum absolute atomic E-state index is 12.2. The fourth-order valence-electron chi connectivity index (χ4n) is 2.97. The average molecular weight is 421 g/mol. The fraction of sp³-hybridized carbons (Fsp3) is 0.0909. The molecular formula is C22H19N3O4S. The highest BCUT2D eigenvalue weighted by molar-refractivity contribution is 7.90. The second kappa shape index (κ2) is 8.38. The lowest BCUT2D eigenvalue weighted by molar-refractivity contribution is -0.116. The van der Waals surface area contributed by atoms with Gasteiger partial charge in [-0.1, -0.05) is 30.3 Å². The van der Waals surface area contributed by atoms with Gasteiger partial charge in [0.1, 0.15) is 17.3 Å². The number of amides is 1. The minimum absolute atomic E-state index is 0.121. The number of fused-ring (bicyclic) bond motifs is 1. The van der Waals surface area contributed by atoms with Gasteiger partial charge in [0.2, 0.25) is 5.91 Å². The Labute approximate surface area is 174 Å². The second-order valence-electron chi connectivity index (χ2n) is 6.57. The van der Waals surface area contributed by atoms with Crippen molar-refractivity contribution >= 4 is 27.5 Å². The number of aliphatic imine (C=N–C) groups is 1. The molecule has 2 N–H and O–H groups in total. The molecule has 0 bridgehead atoms. The zero-order valence-corrected chi connectivity index (χ0v) is 16.7. The smallest absolute Gasteiger partial charge is 0.263 e. The van der Waals surface area contributed by atoms with Gasteiger partial charge in [-0.2, -0.15) is 0 Å². The molecule has 0 aromatic heterocycles. The van der Waals surface area contributed by atoms with Crippen LogP contribution in [0.2, 0.25) is 0 Å². The van der Waals surface area contributed by atoms with Crippen LogP contribution in [0.1, 0.15) is 12.0 Å². The summed E-state index contributed by atoms with van der Waals surface area (Å²) in [4.78, 5) is 16.6. The average Bonchev–Trinajstić information content (AvgIpc) is 3.01. The van der Waals surface area contributed by atoms with Gasteiger partial charge in [0.05, 0.1) is 11.4 Å². The monoisotopic (exact) mass is 421 g/mol. The Morgan fingerprint density at radius 2 is 1.57 bits per heavy atom. The molecule has 0 aliphatic carbocycles. The zero-order valence-electron chi connectivity index (χ0n) is 15.9. The third-order valence-corrected chi connectivity index (χ3v) is 5.79. The first-order valence-corrected chi connectivity index (χ1v) is 10.8. The second-order valence-corrected chi connectivity index (χ2v) is 8.22. The minimum atomic E-state index is -3.57. The molecule has 7 nitrogen and oxygen atoms in total. The quantitative estimate of drug-likeness (QED) is 0.636. The number of amidine groups is 1. The summed E-state index contributed by atoms with van der Waals surface area (Å²) in [5, 5.41) is 2.79. The summed E-state index contributed by atoms with van der Waals surface area (Å²) in [6.07, 6.45) is 0.121. The van der Waals surface area contributed by atoms with E-state index in [1.165, 1.54) is 6.07 Å². The Morgan fingerprint density at radius 1 is 0.900 bits per heavy atom. The third kappa shape index (κ3) is 4.49. The van der Waals surface area contributed by atoms with E-state index in [0.29, 0.717) is 17.0 Å². The molecule has 1 amide bonds. The van der Waals surface area contributed by atoms with Gasteiger partial charge in [0, 0.05) is 17.7 Å². The van der Waals surface area contributed by atoms with Crippen LogP contribution in [0.3, 0.4) is 0 Å². The first-order valence-electron chi connectivity index (χ1n) is 9.31. The van der Waals surface area contributed by atoms with Crippen LogP contribution in [0.4, 0.5) is 5.69 Å². The Balaban J connectivity index is 1.32. The van der Waals surface area contributed by atoms with Crippen molar-refractivity contribution in [2.75, 3.05) is 11.9 Å². The number of para-hydroxylation sites is 1. The van der Waals surface area contributed by atoms with Crippen LogP contribution in [0.15, 0.2) is 88.8 Å². The van der Waals surface area contributed by atoms with Gasteiger partial charge in [-0.15, -0.1) is 0 Å². The number of benzene rings is 3. The molecule has 0 fully saturated rings. The largest absolute Gasteiger partial charge is 0.457 e. The predicted molar refractivity (Wildman–Crippen MR) is 114 cm³/mol. The molecule has 30 heavy (non-hydrogen) atoms. The van der Waals surface area contributed by atoms with E-state index < -0.39 is 10.0 Å². The summed E-state index contributed by atoms with van der Waals surface area (Å²) < 4.78 is 32.3. The molecule has 8 heteroatoms. The van der Waals surface area contributed by atoms with Gasteiger partial charge in [0.25, 0.3) is 10.0 Å². The summed E-state index contributed by atoms with van der Waals surface area (Å²) >= 11 is 0. The van der Waals surface area contributed by atoms with Crippen molar-refractivity contribution in [1.29, 1.82) is 0 Å². The van der Waals surface area contributed by atoms with Crippen molar-refractivity contribution in [3.05, 3.63) is 84.4 Å². The van der Waals surface area contributed by atoms with Crippen molar-refractivity contribution in [2.45, 2.75) is 11.3 Å². The molecule has 0 unspecified atom stereocenters. The Bertz CT molecular complexity index is 1190. The molecule has 3 aromatic carbocycles. The van der Waals surface area contributed by atoms with Gasteiger partial charge in [-0.3, -0.25) is 14.5 Å². The number of rotatable bonds is 6. The Kier molecular flexibility index (Phi) is 5.49. The number of anilines is 1. The number of ether oxygens (including phenoxy) is 1. The normalized spacial score (nSPS) is 15.3. The van der Waals surface area contributed by atoms with Gasteiger partial charge in [0.15, 0.2) is 0 Å². The van der Waals surface area contributed by atoms with E-state index >= 15 is 0 Å². The Hall–Kier alpha value is -3.65. The predicted octanol–water partition coefficient (Wildman–Crippen LogP) is 3.55. The minimum Gasteiger partial charge on any atom is -0.457 e. The van der Waals surface area contributed by atoms with Crippen molar-refractivity contribution in [1.82, 2.24) is 4.72 Å². The van der Waals surface area contributed by atoms with Crippen LogP contribution in [0.5, 0.6) is 11.5 Å². The molecule has 3 aromatic rings. The van der Waals surface area contributed by atoms with Gasteiger partial charge in [-0.05, 0) is 48.5 Å². The lowest BCUT2D eigenvalue weighted by Gasteiger charge is -2.08. The molecule has 0 spiro atoms. The first kappa shape index (κ1) is 19.7. The summed E-state index contributed by atoms with van der Waals surface area (Å²) in [6.45, 7) is 0.160. The third-order valence-electron chi connectivity index (χ3n) is 4.39. The maximum Gasteiger partial charge on any atom is 0.263 e. The topological polar surface area (TPSA) is 96.9 Å². The molecule has 4 rings (SSSR count). The van der Waals surface area contributed by atoms with Crippen molar-refractivity contribution < 1.29 is 17.9 Å². The van der Waals surface area contributed by atoms with Crippen LogP contribution < -0.4 is 14.8 Å². The number of carbonyl (C=O) groups excluding carboxylic acids is 1. The van der Waals surface area contributed by atoms with Gasteiger partial charge >= 0.3 is 0 Å². The highest BCUT2D eigenvalue weighted by Crippen LogP contribution is 2.23. The molecular weight excluding hydrogens is 402 g/mol. The van der Waals surface area contributed by atoms with E-state index in [0.717, 1.165) is 5.75 Å². The number of nitrogens with one attached hydrogen (secondary N) is 2. The molecule has 0 saturated heterocycles. The highest BCUT2D eigenvalue weighted by Gasteiger charge is 2.29. The van der Waals surface area contributed by atoms with Gasteiger partial charge < -0.3 is 10.1 Å². The van der Waals surface area contributed by atoms with Gasteiger partial charge in [-0.25, -0.2) is 8.42 Å². The molecule has 1 heterocycles. The SMILES string of the molecule is O=C(CCN=C1NS(=O)(=O)c2ccccc21)Nc1ccc(Oc2ccccc2)cc1. The van der Waals surface area contributed by atoms with Crippen LogP contribution >= 0.6 is 0 Å². The number of nitrogens with zero attached hydrogens (tertiary/aromatic N) is 1. The molecule has 1 aliphatic heterocycles. The summed E-state index contributed by atoms with van der Waals surface area (Å²) in [5.41, 5.74) is 1.16. The molecule has 0 radical (unpaired) electrons. The van der Waals surface area contributed by atoms with E-state index in [-0.39, 0.29) is 29.6 Å². The summed E-state index contributed by atoms with van der Waals surface area (Å²) in [6, 6.07) is 23.1. The van der Waals surface area contributed by atoms with Crippen LogP contribution in [-0.2, 0) is 14.8 Å². The maximum atomic E-state index is 12.2. The standard InChI is InChI=1S/C22H19N3O4S/c26-21(14-15-23-22-19-8-4-5-9-20(19)30(27,28)25-22)24-16-10-12-18(13-11-16)29-17-6-2-1-3-7-17/h1-13H,14-15H2,(H,23,25)(H,24,26). The summed E-state index contributed by atoms with van der Waals surface area (Å²) in [5.74, 6) is 1.45. The lowest BCUT2D eigenvalue weighted by Crippen LogP contribution is -2.23. The number of carbonyl (C=O) groups is 1. The highest BCUT2D eigenvalue weighted by atomic mass is 32.2. The number of hydrogen-bond acceptors (Lipinski definition) is 5.